The standard InChI is InChI=1S/C12H17N5O5/c1-16(2)12-15-6-9(13-4-14-10(6)21)17(12)11-8(20)7(19)5(3-18)22-11/h4-5,7-8,11,18-20H,3H2,1-2H3,(H,13,14,21)/t5-,7+,8+,11-/m0/s1. The molecule has 10 heteroatoms. The third kappa shape index (κ3) is 2.08. The summed E-state index contributed by atoms with van der Waals surface area (Å²) in [6, 6.07) is 0. The normalized spacial score (nSPS) is 28.4. The van der Waals surface area contributed by atoms with Crippen molar-refractivity contribution in [2.24, 2.45) is 0 Å². The number of fused-ring (bicyclic) bond motifs is 1. The van der Waals surface area contributed by atoms with E-state index in [0.29, 0.717) is 5.95 Å². The first-order chi connectivity index (χ1) is 10.5. The Bertz CT molecular complexity index is 741. The highest BCUT2D eigenvalue weighted by atomic mass is 16.6. The lowest BCUT2D eigenvalue weighted by atomic mass is 10.1. The second-order valence-electron chi connectivity index (χ2n) is 5.31. The van der Waals surface area contributed by atoms with E-state index in [1.165, 1.54) is 10.9 Å². The van der Waals surface area contributed by atoms with Crippen LogP contribution in [0.1, 0.15) is 6.23 Å². The van der Waals surface area contributed by atoms with Crippen LogP contribution in [0.2, 0.25) is 0 Å². The Morgan fingerprint density at radius 2 is 2.14 bits per heavy atom. The fourth-order valence-electron chi connectivity index (χ4n) is 2.55. The van der Waals surface area contributed by atoms with E-state index in [9.17, 15) is 20.1 Å². The number of imidazole rings is 1. The maximum absolute atomic E-state index is 11.9. The zero-order valence-corrected chi connectivity index (χ0v) is 12.0. The minimum absolute atomic E-state index is 0.101. The molecule has 0 aliphatic carbocycles. The topological polar surface area (TPSA) is 137 Å². The first-order valence-corrected chi connectivity index (χ1v) is 6.71. The summed E-state index contributed by atoms with van der Waals surface area (Å²) in [6.45, 7) is -0.438. The molecule has 0 radical (unpaired) electrons. The summed E-state index contributed by atoms with van der Waals surface area (Å²) >= 11 is 0. The van der Waals surface area contributed by atoms with Crippen molar-refractivity contribution in [2.45, 2.75) is 24.5 Å². The minimum atomic E-state index is -1.28. The Balaban J connectivity index is 2.19. The van der Waals surface area contributed by atoms with Gasteiger partial charge in [0.1, 0.15) is 18.3 Å². The van der Waals surface area contributed by atoms with Gasteiger partial charge in [0.25, 0.3) is 5.56 Å². The first kappa shape index (κ1) is 14.9. The van der Waals surface area contributed by atoms with E-state index in [-0.39, 0.29) is 11.2 Å². The highest BCUT2D eigenvalue weighted by Gasteiger charge is 2.45. The van der Waals surface area contributed by atoms with E-state index in [1.54, 1.807) is 19.0 Å². The number of nitrogens with one attached hydrogen (secondary N) is 1. The summed E-state index contributed by atoms with van der Waals surface area (Å²) in [6.07, 6.45) is -3.24. The fourth-order valence-corrected chi connectivity index (χ4v) is 2.55. The molecule has 1 fully saturated rings. The van der Waals surface area contributed by atoms with Crippen LogP contribution >= 0.6 is 0 Å². The van der Waals surface area contributed by atoms with Crippen LogP contribution in [0.5, 0.6) is 0 Å². The summed E-state index contributed by atoms with van der Waals surface area (Å²) in [7, 11) is 3.43. The number of aliphatic hydroxyl groups excluding tert-OH is 3. The Kier molecular flexibility index (Phi) is 3.60. The van der Waals surface area contributed by atoms with Gasteiger partial charge in [-0.15, -0.1) is 0 Å². The van der Waals surface area contributed by atoms with Crippen molar-refractivity contribution < 1.29 is 20.1 Å². The molecule has 1 aliphatic rings. The highest BCUT2D eigenvalue weighted by molar-refractivity contribution is 5.73. The van der Waals surface area contributed by atoms with Gasteiger partial charge in [-0.25, -0.2) is 9.97 Å². The largest absolute Gasteiger partial charge is 0.394 e. The average molecular weight is 311 g/mol. The molecule has 3 rings (SSSR count). The smallest absolute Gasteiger partial charge is 0.278 e. The lowest BCUT2D eigenvalue weighted by molar-refractivity contribution is -0.0503. The summed E-state index contributed by atoms with van der Waals surface area (Å²) in [5.41, 5.74) is -0.0928. The van der Waals surface area contributed by atoms with E-state index >= 15 is 0 Å². The Labute approximate surface area is 124 Å². The number of aromatic amines is 1. The monoisotopic (exact) mass is 311 g/mol. The molecule has 0 saturated carbocycles. The van der Waals surface area contributed by atoms with Crippen LogP contribution in [-0.2, 0) is 4.74 Å². The lowest BCUT2D eigenvalue weighted by Crippen LogP contribution is -2.33. The summed E-state index contributed by atoms with van der Waals surface area (Å²) < 4.78 is 6.95. The number of rotatable bonds is 3. The summed E-state index contributed by atoms with van der Waals surface area (Å²) in [5, 5.41) is 29.3. The van der Waals surface area contributed by atoms with E-state index in [0.717, 1.165) is 0 Å². The van der Waals surface area contributed by atoms with Crippen LogP contribution in [0, 0.1) is 0 Å². The van der Waals surface area contributed by atoms with Crippen LogP contribution in [-0.4, -0.2) is 73.9 Å². The van der Waals surface area contributed by atoms with Crippen LogP contribution < -0.4 is 10.5 Å². The summed E-state index contributed by atoms with van der Waals surface area (Å²) in [5.74, 6) is 0.342. The van der Waals surface area contributed by atoms with E-state index in [1.807, 2.05) is 0 Å². The molecule has 1 saturated heterocycles. The molecule has 1 aliphatic heterocycles. The average Bonchev–Trinajstić information content (AvgIpc) is 3.00. The van der Waals surface area contributed by atoms with Crippen LogP contribution in [0.4, 0.5) is 5.95 Å². The molecule has 120 valence electrons. The number of anilines is 1. The van der Waals surface area contributed by atoms with Gasteiger partial charge in [0.05, 0.1) is 12.9 Å². The fraction of sp³-hybridized carbons (Fsp3) is 0.583. The predicted molar refractivity (Wildman–Crippen MR) is 75.5 cm³/mol. The van der Waals surface area contributed by atoms with Gasteiger partial charge in [0.2, 0.25) is 5.95 Å². The zero-order valence-electron chi connectivity index (χ0n) is 12.0. The van der Waals surface area contributed by atoms with Gasteiger partial charge in [-0.2, -0.15) is 0 Å². The van der Waals surface area contributed by atoms with Crippen molar-refractivity contribution in [3.63, 3.8) is 0 Å². The molecule has 3 heterocycles. The Morgan fingerprint density at radius 1 is 1.41 bits per heavy atom. The number of aliphatic hydroxyl groups is 3. The van der Waals surface area contributed by atoms with Crippen LogP contribution in [0.25, 0.3) is 11.2 Å². The first-order valence-electron chi connectivity index (χ1n) is 6.71. The third-order valence-electron chi connectivity index (χ3n) is 3.64. The molecular weight excluding hydrogens is 294 g/mol. The quantitative estimate of drug-likeness (QED) is 0.501. The van der Waals surface area contributed by atoms with Crippen molar-refractivity contribution in [1.82, 2.24) is 19.5 Å². The molecule has 0 amide bonds. The van der Waals surface area contributed by atoms with E-state index < -0.39 is 36.7 Å². The SMILES string of the molecule is CN(C)c1nc2c(=O)[nH]cnc2n1[C@H]1O[C@@H](CO)[C@@H](O)[C@H]1O. The molecule has 4 N–H and O–H groups in total. The van der Waals surface area contributed by atoms with Gasteiger partial charge < -0.3 is 29.9 Å². The molecule has 2 aromatic rings. The lowest BCUT2D eigenvalue weighted by Gasteiger charge is -2.21. The van der Waals surface area contributed by atoms with Crippen molar-refractivity contribution in [3.05, 3.63) is 16.7 Å². The minimum Gasteiger partial charge on any atom is -0.394 e. The number of H-pyrrole nitrogens is 1. The second-order valence-corrected chi connectivity index (χ2v) is 5.31. The van der Waals surface area contributed by atoms with Crippen LogP contribution in [0.3, 0.4) is 0 Å². The number of hydrogen-bond donors (Lipinski definition) is 4. The zero-order chi connectivity index (χ0) is 16.0. The Hall–Kier alpha value is -2.01. The summed E-state index contributed by atoms with van der Waals surface area (Å²) in [4.78, 5) is 24.2. The predicted octanol–water partition coefficient (Wildman–Crippen LogP) is -2.20. The number of hydrogen-bond acceptors (Lipinski definition) is 8. The molecule has 0 spiro atoms. The van der Waals surface area contributed by atoms with E-state index in [2.05, 4.69) is 15.0 Å². The molecule has 0 bridgehead atoms. The maximum atomic E-state index is 11.9. The van der Waals surface area contributed by atoms with Gasteiger partial charge in [-0.3, -0.25) is 9.36 Å². The Morgan fingerprint density at radius 3 is 2.73 bits per heavy atom. The molecule has 10 nitrogen and oxygen atoms in total. The molecular formula is C12H17N5O5. The van der Waals surface area contributed by atoms with Crippen molar-refractivity contribution in [3.8, 4) is 0 Å². The number of nitrogens with zero attached hydrogens (tertiary/aromatic N) is 4. The number of aromatic nitrogens is 4. The third-order valence-corrected chi connectivity index (χ3v) is 3.64. The highest BCUT2D eigenvalue weighted by Crippen LogP contribution is 2.34. The van der Waals surface area contributed by atoms with E-state index in [4.69, 9.17) is 4.74 Å². The molecule has 0 unspecified atom stereocenters. The van der Waals surface area contributed by atoms with Crippen molar-refractivity contribution in [2.75, 3.05) is 25.6 Å². The molecule has 4 atom stereocenters. The number of ether oxygens (including phenoxy) is 1. The second kappa shape index (κ2) is 5.32. The molecule has 22 heavy (non-hydrogen) atoms. The van der Waals surface area contributed by atoms with Gasteiger partial charge in [-0.05, 0) is 0 Å². The molecule has 0 aromatic carbocycles. The van der Waals surface area contributed by atoms with Gasteiger partial charge in [0.15, 0.2) is 17.4 Å². The van der Waals surface area contributed by atoms with Gasteiger partial charge in [-0.1, -0.05) is 0 Å². The molecule has 2 aromatic heterocycles. The maximum Gasteiger partial charge on any atom is 0.278 e. The van der Waals surface area contributed by atoms with Crippen molar-refractivity contribution >= 4 is 17.1 Å². The van der Waals surface area contributed by atoms with Crippen LogP contribution in [0.15, 0.2) is 11.1 Å². The van der Waals surface area contributed by atoms with Gasteiger partial charge >= 0.3 is 0 Å². The van der Waals surface area contributed by atoms with Gasteiger partial charge in [0, 0.05) is 14.1 Å². The van der Waals surface area contributed by atoms with Crippen molar-refractivity contribution in [1.29, 1.82) is 0 Å².